The second-order valence-corrected chi connectivity index (χ2v) is 8.91. The Morgan fingerprint density at radius 2 is 2.00 bits per heavy atom. The van der Waals surface area contributed by atoms with E-state index in [0.717, 1.165) is 37.3 Å². The van der Waals surface area contributed by atoms with Gasteiger partial charge in [-0.25, -0.2) is 9.67 Å². The number of hydrogen-bond donors (Lipinski definition) is 0. The average Bonchev–Trinajstić information content (AvgIpc) is 3.22. The SMILES string of the molecule is Cc1cc(C2CC3(C2)CN(C(=O)c2nccs2)C3)n(-c2ccccc2C)n1. The number of likely N-dealkylation sites (tertiary alicyclic amines) is 1. The highest BCUT2D eigenvalue weighted by Gasteiger charge is 2.54. The lowest BCUT2D eigenvalue weighted by Gasteiger charge is -2.58. The zero-order chi connectivity index (χ0) is 18.6. The summed E-state index contributed by atoms with van der Waals surface area (Å²) in [5.41, 5.74) is 5.06. The van der Waals surface area contributed by atoms with E-state index in [9.17, 15) is 4.79 Å². The lowest BCUT2D eigenvalue weighted by Crippen LogP contribution is -2.63. The third-order valence-electron chi connectivity index (χ3n) is 5.93. The van der Waals surface area contributed by atoms with Crippen molar-refractivity contribution >= 4 is 17.2 Å². The van der Waals surface area contributed by atoms with Gasteiger partial charge in [0.15, 0.2) is 5.01 Å². The molecule has 6 heteroatoms. The summed E-state index contributed by atoms with van der Waals surface area (Å²) in [6.07, 6.45) is 3.96. The summed E-state index contributed by atoms with van der Waals surface area (Å²) in [5.74, 6) is 0.600. The van der Waals surface area contributed by atoms with E-state index in [0.29, 0.717) is 16.3 Å². The highest BCUT2D eigenvalue weighted by molar-refractivity contribution is 7.11. The standard InChI is InChI=1S/C21H22N4OS/c1-14-5-3-4-6-17(14)25-18(9-15(2)23-25)16-10-21(11-16)12-24(13-21)20(26)19-22-7-8-27-19/h3-9,16H,10-13H2,1-2H3. The molecule has 138 valence electrons. The Kier molecular flexibility index (Phi) is 3.72. The predicted molar refractivity (Wildman–Crippen MR) is 105 cm³/mol. The fourth-order valence-corrected chi connectivity index (χ4v) is 5.23. The van der Waals surface area contributed by atoms with E-state index in [1.165, 1.54) is 22.6 Å². The molecule has 2 aliphatic rings. The first-order valence-corrected chi connectivity index (χ1v) is 10.2. The molecular formula is C21H22N4OS. The normalized spacial score (nSPS) is 18.4. The Balaban J connectivity index is 1.30. The van der Waals surface area contributed by atoms with Crippen LogP contribution in [-0.2, 0) is 0 Å². The minimum atomic E-state index is 0.0832. The van der Waals surface area contributed by atoms with Gasteiger partial charge in [-0.3, -0.25) is 4.79 Å². The van der Waals surface area contributed by atoms with Crippen molar-refractivity contribution in [2.75, 3.05) is 13.1 Å². The molecule has 1 spiro atoms. The van der Waals surface area contributed by atoms with Crippen molar-refractivity contribution < 1.29 is 4.79 Å². The number of para-hydroxylation sites is 1. The quantitative estimate of drug-likeness (QED) is 0.693. The van der Waals surface area contributed by atoms with Crippen molar-refractivity contribution in [1.82, 2.24) is 19.7 Å². The van der Waals surface area contributed by atoms with Crippen molar-refractivity contribution in [1.29, 1.82) is 0 Å². The first kappa shape index (κ1) is 16.7. The van der Waals surface area contributed by atoms with Crippen molar-refractivity contribution in [2.45, 2.75) is 32.6 Å². The molecule has 0 unspecified atom stereocenters. The molecular weight excluding hydrogens is 356 g/mol. The maximum atomic E-state index is 12.4. The summed E-state index contributed by atoms with van der Waals surface area (Å²) < 4.78 is 2.12. The third-order valence-corrected chi connectivity index (χ3v) is 6.70. The Bertz CT molecular complexity index is 993. The van der Waals surface area contributed by atoms with Crippen LogP contribution in [0, 0.1) is 19.3 Å². The highest BCUT2D eigenvalue weighted by atomic mass is 32.1. The zero-order valence-corrected chi connectivity index (χ0v) is 16.4. The van der Waals surface area contributed by atoms with Gasteiger partial charge in [-0.2, -0.15) is 5.10 Å². The first-order chi connectivity index (χ1) is 13.0. The maximum absolute atomic E-state index is 12.4. The van der Waals surface area contributed by atoms with Crippen LogP contribution in [0.15, 0.2) is 41.9 Å². The van der Waals surface area contributed by atoms with E-state index in [4.69, 9.17) is 5.10 Å². The number of hydrogen-bond acceptors (Lipinski definition) is 4. The molecule has 1 saturated carbocycles. The van der Waals surface area contributed by atoms with Crippen LogP contribution < -0.4 is 0 Å². The van der Waals surface area contributed by atoms with Crippen LogP contribution in [0.2, 0.25) is 0 Å². The van der Waals surface area contributed by atoms with Gasteiger partial charge in [-0.15, -0.1) is 11.3 Å². The van der Waals surface area contributed by atoms with E-state index < -0.39 is 0 Å². The molecule has 0 bridgehead atoms. The molecule has 0 atom stereocenters. The van der Waals surface area contributed by atoms with Crippen LogP contribution in [0.1, 0.15) is 45.5 Å². The summed E-state index contributed by atoms with van der Waals surface area (Å²) in [6.45, 7) is 5.91. The number of rotatable bonds is 3. The molecule has 1 aromatic carbocycles. The van der Waals surface area contributed by atoms with Gasteiger partial charge in [0, 0.05) is 41.7 Å². The molecule has 5 rings (SSSR count). The number of nitrogens with zero attached hydrogens (tertiary/aromatic N) is 4. The Morgan fingerprint density at radius 3 is 2.70 bits per heavy atom. The molecule has 3 heterocycles. The number of benzene rings is 1. The molecule has 1 aliphatic heterocycles. The Morgan fingerprint density at radius 1 is 1.22 bits per heavy atom. The van der Waals surface area contributed by atoms with Crippen LogP contribution in [0.5, 0.6) is 0 Å². The monoisotopic (exact) mass is 378 g/mol. The Hall–Kier alpha value is -2.47. The summed E-state index contributed by atoms with van der Waals surface area (Å²) in [4.78, 5) is 18.5. The largest absolute Gasteiger partial charge is 0.335 e. The lowest BCUT2D eigenvalue weighted by atomic mass is 9.57. The third kappa shape index (κ3) is 2.70. The summed E-state index contributed by atoms with van der Waals surface area (Å²) in [7, 11) is 0. The predicted octanol–water partition coefficient (Wildman–Crippen LogP) is 3.97. The zero-order valence-electron chi connectivity index (χ0n) is 15.6. The fraction of sp³-hybridized carbons (Fsp3) is 0.381. The van der Waals surface area contributed by atoms with Gasteiger partial charge in [0.25, 0.3) is 5.91 Å². The molecule has 3 aromatic rings. The molecule has 0 N–H and O–H groups in total. The van der Waals surface area contributed by atoms with E-state index in [1.54, 1.807) is 6.20 Å². The van der Waals surface area contributed by atoms with Crippen molar-refractivity contribution in [3.8, 4) is 5.69 Å². The number of thiazole rings is 1. The number of aryl methyl sites for hydroxylation is 2. The number of carbonyl (C=O) groups is 1. The van der Waals surface area contributed by atoms with Gasteiger partial charge in [-0.05, 0) is 44.4 Å². The van der Waals surface area contributed by atoms with Crippen LogP contribution in [0.3, 0.4) is 0 Å². The lowest BCUT2D eigenvalue weighted by molar-refractivity contribution is -0.0565. The van der Waals surface area contributed by atoms with Crippen molar-refractivity contribution in [2.24, 2.45) is 5.41 Å². The Labute approximate surface area is 162 Å². The van der Waals surface area contributed by atoms with E-state index in [1.807, 2.05) is 10.3 Å². The van der Waals surface area contributed by atoms with E-state index >= 15 is 0 Å². The summed E-state index contributed by atoms with van der Waals surface area (Å²) in [6, 6.07) is 10.6. The molecule has 1 aliphatic carbocycles. The second kappa shape index (κ2) is 6.02. The summed E-state index contributed by atoms with van der Waals surface area (Å²) >= 11 is 1.42. The summed E-state index contributed by atoms with van der Waals surface area (Å²) in [5, 5.41) is 7.22. The van der Waals surface area contributed by atoms with Gasteiger partial charge in [-0.1, -0.05) is 18.2 Å². The average molecular weight is 379 g/mol. The van der Waals surface area contributed by atoms with Crippen LogP contribution >= 0.6 is 11.3 Å². The minimum Gasteiger partial charge on any atom is -0.335 e. The van der Waals surface area contributed by atoms with Crippen molar-refractivity contribution in [3.05, 3.63) is 63.9 Å². The van der Waals surface area contributed by atoms with E-state index in [-0.39, 0.29) is 5.91 Å². The number of aromatic nitrogens is 3. The topological polar surface area (TPSA) is 51.0 Å². The van der Waals surface area contributed by atoms with Gasteiger partial charge in [0.05, 0.1) is 11.4 Å². The highest BCUT2D eigenvalue weighted by Crippen LogP contribution is 2.56. The van der Waals surface area contributed by atoms with Crippen LogP contribution in [-0.4, -0.2) is 38.7 Å². The van der Waals surface area contributed by atoms with Gasteiger partial charge >= 0.3 is 0 Å². The molecule has 5 nitrogen and oxygen atoms in total. The molecule has 2 aromatic heterocycles. The number of carbonyl (C=O) groups excluding carboxylic acids is 1. The molecule has 2 fully saturated rings. The van der Waals surface area contributed by atoms with Crippen LogP contribution in [0.4, 0.5) is 0 Å². The van der Waals surface area contributed by atoms with E-state index in [2.05, 4.69) is 53.8 Å². The molecule has 27 heavy (non-hydrogen) atoms. The minimum absolute atomic E-state index is 0.0832. The van der Waals surface area contributed by atoms with Gasteiger partial charge in [0.1, 0.15) is 0 Å². The van der Waals surface area contributed by atoms with Gasteiger partial charge in [0.2, 0.25) is 0 Å². The molecule has 0 radical (unpaired) electrons. The second-order valence-electron chi connectivity index (χ2n) is 8.01. The van der Waals surface area contributed by atoms with Crippen molar-refractivity contribution in [3.63, 3.8) is 0 Å². The maximum Gasteiger partial charge on any atom is 0.282 e. The smallest absolute Gasteiger partial charge is 0.282 e. The number of amides is 1. The molecule has 1 amide bonds. The molecule has 1 saturated heterocycles. The fourth-order valence-electron chi connectivity index (χ4n) is 4.63. The first-order valence-electron chi connectivity index (χ1n) is 9.36. The van der Waals surface area contributed by atoms with Gasteiger partial charge < -0.3 is 4.90 Å². The van der Waals surface area contributed by atoms with Crippen LogP contribution in [0.25, 0.3) is 5.69 Å².